The zero-order chi connectivity index (χ0) is 8.67. The van der Waals surface area contributed by atoms with Crippen molar-refractivity contribution < 1.29 is 0 Å². The van der Waals surface area contributed by atoms with E-state index in [1.54, 1.807) is 11.1 Å². The molecule has 0 aromatic heterocycles. The van der Waals surface area contributed by atoms with Crippen LogP contribution < -0.4 is 0 Å². The van der Waals surface area contributed by atoms with Crippen LogP contribution in [0.5, 0.6) is 0 Å². The molecule has 2 radical (unpaired) electrons. The Kier molecular flexibility index (Phi) is 1.68. The van der Waals surface area contributed by atoms with Gasteiger partial charge in [0.2, 0.25) is 0 Å². The van der Waals surface area contributed by atoms with Crippen molar-refractivity contribution in [2.24, 2.45) is 0 Å². The third-order valence-corrected chi connectivity index (χ3v) is 3.41. The first-order valence-corrected chi connectivity index (χ1v) is 5.31. The molecule has 0 N–H and O–H groups in total. The van der Waals surface area contributed by atoms with Crippen LogP contribution in [0.1, 0.15) is 48.3 Å². The Morgan fingerprint density at radius 2 is 2.23 bits per heavy atom. The summed E-state index contributed by atoms with van der Waals surface area (Å²) in [5.41, 5.74) is 4.65. The van der Waals surface area contributed by atoms with Gasteiger partial charge in [-0.25, -0.2) is 0 Å². The van der Waals surface area contributed by atoms with E-state index in [9.17, 15) is 0 Å². The lowest BCUT2D eigenvalue weighted by molar-refractivity contribution is 0.502. The molecule has 1 aromatic rings. The van der Waals surface area contributed by atoms with Crippen LogP contribution in [0.4, 0.5) is 0 Å². The van der Waals surface area contributed by atoms with Crippen LogP contribution in [-0.4, -0.2) is 0 Å². The Hall–Kier alpha value is -0.780. The highest BCUT2D eigenvalue weighted by Gasteiger charge is 2.25. The van der Waals surface area contributed by atoms with E-state index in [1.807, 2.05) is 0 Å². The molecule has 0 bridgehead atoms. The van der Waals surface area contributed by atoms with Gasteiger partial charge in [-0.2, -0.15) is 0 Å². The minimum absolute atomic E-state index is 0.862. The summed E-state index contributed by atoms with van der Waals surface area (Å²) in [6.45, 7) is 0. The van der Waals surface area contributed by atoms with E-state index in [0.717, 1.165) is 5.92 Å². The third-order valence-electron chi connectivity index (χ3n) is 3.41. The first kappa shape index (κ1) is 7.61. The fraction of sp³-hybridized carbons (Fsp3) is 0.462. The highest BCUT2D eigenvalue weighted by Crippen LogP contribution is 2.41. The van der Waals surface area contributed by atoms with E-state index in [0.29, 0.717) is 0 Å². The molecule has 0 amide bonds. The Balaban J connectivity index is 2.18. The fourth-order valence-corrected chi connectivity index (χ4v) is 2.82. The molecule has 0 unspecified atom stereocenters. The fourth-order valence-electron chi connectivity index (χ4n) is 2.82. The van der Waals surface area contributed by atoms with Crippen LogP contribution in [0.25, 0.3) is 0 Å². The quantitative estimate of drug-likeness (QED) is 0.560. The van der Waals surface area contributed by atoms with E-state index in [4.69, 9.17) is 0 Å². The average Bonchev–Trinajstić information content (AvgIpc) is 2.19. The summed E-state index contributed by atoms with van der Waals surface area (Å²) in [5.74, 6) is 0.862. The highest BCUT2D eigenvalue weighted by atomic mass is 14.3. The number of hydrogen-bond donors (Lipinski definition) is 0. The molecule has 1 atom stereocenters. The van der Waals surface area contributed by atoms with Gasteiger partial charge in [0.25, 0.3) is 0 Å². The molecular formula is C13H14. The molecule has 1 aromatic carbocycles. The molecule has 0 nitrogen and oxygen atoms in total. The summed E-state index contributed by atoms with van der Waals surface area (Å²) < 4.78 is 0. The Bertz CT molecular complexity index is 297. The summed E-state index contributed by atoms with van der Waals surface area (Å²) in [7, 11) is 0. The Labute approximate surface area is 80.0 Å². The Morgan fingerprint density at radius 1 is 1.23 bits per heavy atom. The average molecular weight is 170 g/mol. The molecule has 0 fully saturated rings. The maximum Gasteiger partial charge on any atom is 0.0168 e. The highest BCUT2D eigenvalue weighted by molar-refractivity contribution is 5.45. The molecule has 2 aliphatic rings. The monoisotopic (exact) mass is 170 g/mol. The number of aryl methyl sites for hydroxylation is 1. The van der Waals surface area contributed by atoms with Gasteiger partial charge in [0, 0.05) is 6.42 Å². The minimum atomic E-state index is 0.862. The van der Waals surface area contributed by atoms with Gasteiger partial charge in [-0.3, -0.25) is 0 Å². The topological polar surface area (TPSA) is 0 Å². The van der Waals surface area contributed by atoms with Crippen molar-refractivity contribution in [3.05, 3.63) is 41.3 Å². The lowest BCUT2D eigenvalue weighted by Crippen LogP contribution is -2.15. The van der Waals surface area contributed by atoms with Gasteiger partial charge in [-0.15, -0.1) is 0 Å². The second-order valence-corrected chi connectivity index (χ2v) is 4.18. The maximum atomic E-state index is 3.50. The van der Waals surface area contributed by atoms with Gasteiger partial charge in [-0.1, -0.05) is 18.2 Å². The van der Waals surface area contributed by atoms with Crippen molar-refractivity contribution in [2.45, 2.75) is 38.0 Å². The summed E-state index contributed by atoms with van der Waals surface area (Å²) in [4.78, 5) is 0. The molecule has 0 spiro atoms. The molecule has 0 aliphatic heterocycles. The summed E-state index contributed by atoms with van der Waals surface area (Å²) in [5, 5.41) is 0. The van der Waals surface area contributed by atoms with Crippen molar-refractivity contribution >= 4 is 0 Å². The van der Waals surface area contributed by atoms with Gasteiger partial charge < -0.3 is 0 Å². The number of benzene rings is 1. The van der Waals surface area contributed by atoms with Crippen molar-refractivity contribution in [3.63, 3.8) is 0 Å². The zero-order valence-electron chi connectivity index (χ0n) is 7.84. The van der Waals surface area contributed by atoms with Crippen molar-refractivity contribution in [3.8, 4) is 0 Å². The smallest absolute Gasteiger partial charge is 0.0168 e. The summed E-state index contributed by atoms with van der Waals surface area (Å²) >= 11 is 0. The zero-order valence-corrected chi connectivity index (χ0v) is 7.84. The lowest BCUT2D eigenvalue weighted by Gasteiger charge is -2.31. The lowest BCUT2D eigenvalue weighted by atomic mass is 9.74. The summed E-state index contributed by atoms with van der Waals surface area (Å²) in [6, 6.07) is 6.73. The van der Waals surface area contributed by atoms with Crippen LogP contribution in [-0.2, 0) is 6.42 Å². The van der Waals surface area contributed by atoms with E-state index in [2.05, 4.69) is 24.6 Å². The van der Waals surface area contributed by atoms with Crippen molar-refractivity contribution in [2.75, 3.05) is 0 Å². The van der Waals surface area contributed by atoms with Gasteiger partial charge >= 0.3 is 0 Å². The molecular weight excluding hydrogens is 156 g/mol. The molecule has 0 saturated carbocycles. The van der Waals surface area contributed by atoms with E-state index in [1.165, 1.54) is 37.7 Å². The molecule has 3 rings (SSSR count). The molecule has 0 heterocycles. The third kappa shape index (κ3) is 1.12. The second-order valence-electron chi connectivity index (χ2n) is 4.18. The number of rotatable bonds is 0. The molecule has 13 heavy (non-hydrogen) atoms. The minimum Gasteiger partial charge on any atom is -0.0617 e. The van der Waals surface area contributed by atoms with Crippen LogP contribution in [0.2, 0.25) is 0 Å². The van der Waals surface area contributed by atoms with Crippen molar-refractivity contribution in [1.29, 1.82) is 0 Å². The van der Waals surface area contributed by atoms with Crippen LogP contribution in [0.15, 0.2) is 18.2 Å². The largest absolute Gasteiger partial charge is 0.0617 e. The first-order valence-electron chi connectivity index (χ1n) is 5.31. The SMILES string of the molecule is [C]1CC[C@H]2CCCc3cccc1c32. The predicted octanol–water partition coefficient (Wildman–Crippen LogP) is 3.33. The molecule has 0 heteroatoms. The molecule has 0 saturated heterocycles. The van der Waals surface area contributed by atoms with Gasteiger partial charge in [-0.05, 0) is 54.7 Å². The summed E-state index contributed by atoms with van der Waals surface area (Å²) in [6.07, 6.45) is 10.1. The first-order chi connectivity index (χ1) is 6.45. The van der Waals surface area contributed by atoms with Crippen LogP contribution >= 0.6 is 0 Å². The van der Waals surface area contributed by atoms with Gasteiger partial charge in [0.05, 0.1) is 0 Å². The number of hydrogen-bond acceptors (Lipinski definition) is 0. The van der Waals surface area contributed by atoms with Gasteiger partial charge in [0.15, 0.2) is 0 Å². The normalized spacial score (nSPS) is 21.2. The Morgan fingerprint density at radius 3 is 3.23 bits per heavy atom. The molecule has 2 aliphatic carbocycles. The maximum absolute atomic E-state index is 3.50. The van der Waals surface area contributed by atoms with Crippen molar-refractivity contribution in [1.82, 2.24) is 0 Å². The standard InChI is InChI=1S/C13H14/c1-4-10-6-2-8-12-9-3-7-11(5-1)13(10)12/h1,4-5,12H,2-3,6,8-9H2/t12-/m1/s1. The van der Waals surface area contributed by atoms with Crippen LogP contribution in [0, 0.1) is 6.42 Å². The predicted molar refractivity (Wildman–Crippen MR) is 53.7 cm³/mol. The van der Waals surface area contributed by atoms with Gasteiger partial charge in [0.1, 0.15) is 0 Å². The van der Waals surface area contributed by atoms with E-state index in [-0.39, 0.29) is 0 Å². The van der Waals surface area contributed by atoms with E-state index >= 15 is 0 Å². The van der Waals surface area contributed by atoms with Crippen LogP contribution in [0.3, 0.4) is 0 Å². The van der Waals surface area contributed by atoms with E-state index < -0.39 is 0 Å². The molecule has 66 valence electrons. The second kappa shape index (κ2) is 2.87.